The van der Waals surface area contributed by atoms with Crippen molar-refractivity contribution < 1.29 is 13.6 Å². The molecule has 0 fully saturated rings. The smallest absolute Gasteiger partial charge is 0.272 e. The number of rotatable bonds is 3. The van der Waals surface area contributed by atoms with Crippen molar-refractivity contribution >= 4 is 18.3 Å². The highest BCUT2D eigenvalue weighted by Gasteiger charge is 2.21. The van der Waals surface area contributed by atoms with Gasteiger partial charge in [-0.3, -0.25) is 9.89 Å². The summed E-state index contributed by atoms with van der Waals surface area (Å²) in [6.07, 6.45) is 0.786. The number of nitrogens with zero attached hydrogens (tertiary/aromatic N) is 1. The molecule has 1 aromatic heterocycles. The summed E-state index contributed by atoms with van der Waals surface area (Å²) in [5.41, 5.74) is 2.18. The molecule has 1 amide bonds. The largest absolute Gasteiger partial charge is 0.346 e. The molecule has 0 radical (unpaired) electrons. The van der Waals surface area contributed by atoms with E-state index in [1.165, 1.54) is 0 Å². The quantitative estimate of drug-likeness (QED) is 0.803. The maximum absolute atomic E-state index is 13.5. The predicted octanol–water partition coefficient (Wildman–Crippen LogP) is 1.69. The number of fused-ring (bicyclic) bond motifs is 1. The molecule has 5 nitrogen and oxygen atoms in total. The van der Waals surface area contributed by atoms with Crippen LogP contribution < -0.4 is 10.6 Å². The molecule has 0 spiro atoms. The molecule has 0 atom stereocenters. The third kappa shape index (κ3) is 3.26. The second kappa shape index (κ2) is 6.85. The Hall–Kier alpha value is -1.99. The molecular weight excluding hydrogens is 314 g/mol. The van der Waals surface area contributed by atoms with Gasteiger partial charge in [-0.25, -0.2) is 8.78 Å². The molecule has 2 heterocycles. The van der Waals surface area contributed by atoms with Gasteiger partial charge >= 0.3 is 0 Å². The number of hydrogen-bond donors (Lipinski definition) is 3. The number of halogens is 3. The van der Waals surface area contributed by atoms with E-state index in [2.05, 4.69) is 20.8 Å². The molecular formula is C14H15ClF2N4O. The molecule has 3 rings (SSSR count). The normalized spacial score (nSPS) is 13.2. The van der Waals surface area contributed by atoms with E-state index in [1.54, 1.807) is 0 Å². The molecule has 0 saturated heterocycles. The first kappa shape index (κ1) is 16.4. The van der Waals surface area contributed by atoms with E-state index >= 15 is 0 Å². The molecule has 0 unspecified atom stereocenters. The monoisotopic (exact) mass is 328 g/mol. The Morgan fingerprint density at radius 3 is 3.00 bits per heavy atom. The SMILES string of the molecule is Cl.O=C(NCc1cc(F)ccc1F)c1n[nH]c2c1CNCC2. The molecule has 118 valence electrons. The highest BCUT2D eigenvalue weighted by molar-refractivity contribution is 5.94. The minimum Gasteiger partial charge on any atom is -0.346 e. The molecule has 1 aliphatic heterocycles. The molecule has 0 bridgehead atoms. The highest BCUT2D eigenvalue weighted by Crippen LogP contribution is 2.15. The predicted molar refractivity (Wildman–Crippen MR) is 78.8 cm³/mol. The summed E-state index contributed by atoms with van der Waals surface area (Å²) in [6.45, 7) is 1.32. The van der Waals surface area contributed by atoms with Crippen molar-refractivity contribution in [2.45, 2.75) is 19.5 Å². The summed E-state index contributed by atoms with van der Waals surface area (Å²) in [7, 11) is 0. The Kier molecular flexibility index (Phi) is 5.10. The molecule has 1 aromatic carbocycles. The first-order valence-corrected chi connectivity index (χ1v) is 6.64. The van der Waals surface area contributed by atoms with Crippen molar-refractivity contribution in [2.75, 3.05) is 6.54 Å². The van der Waals surface area contributed by atoms with Gasteiger partial charge in [0, 0.05) is 42.9 Å². The van der Waals surface area contributed by atoms with Gasteiger partial charge in [0.25, 0.3) is 5.91 Å². The van der Waals surface area contributed by atoms with Gasteiger partial charge in [-0.1, -0.05) is 0 Å². The lowest BCUT2D eigenvalue weighted by atomic mass is 10.1. The first-order valence-electron chi connectivity index (χ1n) is 6.64. The van der Waals surface area contributed by atoms with E-state index in [4.69, 9.17) is 0 Å². The molecule has 0 aliphatic carbocycles. The molecule has 1 aliphatic rings. The summed E-state index contributed by atoms with van der Waals surface area (Å²) in [5, 5.41) is 12.6. The lowest BCUT2D eigenvalue weighted by Crippen LogP contribution is -2.28. The lowest BCUT2D eigenvalue weighted by Gasteiger charge is -2.13. The maximum Gasteiger partial charge on any atom is 0.272 e. The van der Waals surface area contributed by atoms with Crippen LogP contribution >= 0.6 is 12.4 Å². The number of aromatic nitrogens is 2. The zero-order valence-corrected chi connectivity index (χ0v) is 12.4. The summed E-state index contributed by atoms with van der Waals surface area (Å²) < 4.78 is 26.6. The van der Waals surface area contributed by atoms with Gasteiger partial charge in [-0.15, -0.1) is 12.4 Å². The zero-order valence-electron chi connectivity index (χ0n) is 11.6. The standard InChI is InChI=1S/C14H14F2N4O.ClH/c15-9-1-2-11(16)8(5-9)6-18-14(21)13-10-7-17-4-3-12(10)19-20-13;/h1-2,5,17H,3-4,6-7H2,(H,18,21)(H,19,20);1H. The number of amides is 1. The maximum atomic E-state index is 13.5. The fourth-order valence-electron chi connectivity index (χ4n) is 2.35. The number of benzene rings is 1. The van der Waals surface area contributed by atoms with Crippen LogP contribution in [0.5, 0.6) is 0 Å². The molecule has 3 N–H and O–H groups in total. The van der Waals surface area contributed by atoms with Crippen LogP contribution in [-0.4, -0.2) is 22.6 Å². The van der Waals surface area contributed by atoms with Gasteiger partial charge in [-0.05, 0) is 18.2 Å². The fourth-order valence-corrected chi connectivity index (χ4v) is 2.35. The average molecular weight is 329 g/mol. The summed E-state index contributed by atoms with van der Waals surface area (Å²) in [4.78, 5) is 12.1. The van der Waals surface area contributed by atoms with Crippen LogP contribution in [0, 0.1) is 11.6 Å². The Labute approximate surface area is 131 Å². The Morgan fingerprint density at radius 1 is 1.36 bits per heavy atom. The van der Waals surface area contributed by atoms with Crippen LogP contribution in [0.1, 0.15) is 27.3 Å². The third-order valence-corrected chi connectivity index (χ3v) is 3.47. The topological polar surface area (TPSA) is 69.8 Å². The number of hydrogen-bond acceptors (Lipinski definition) is 3. The third-order valence-electron chi connectivity index (χ3n) is 3.47. The molecule has 22 heavy (non-hydrogen) atoms. The van der Waals surface area contributed by atoms with E-state index in [9.17, 15) is 13.6 Å². The Bertz CT molecular complexity index is 689. The summed E-state index contributed by atoms with van der Waals surface area (Å²) in [6, 6.07) is 3.14. The first-order chi connectivity index (χ1) is 10.1. The number of nitrogens with one attached hydrogen (secondary N) is 3. The van der Waals surface area contributed by atoms with Crippen molar-refractivity contribution in [2.24, 2.45) is 0 Å². The van der Waals surface area contributed by atoms with E-state index in [1.807, 2.05) is 0 Å². The minimum atomic E-state index is -0.553. The van der Waals surface area contributed by atoms with Crippen LogP contribution in [0.25, 0.3) is 0 Å². The number of carbonyl (C=O) groups excluding carboxylic acids is 1. The Balaban J connectivity index is 0.00000176. The average Bonchev–Trinajstić information content (AvgIpc) is 2.92. The van der Waals surface area contributed by atoms with Gasteiger partial charge in [-0.2, -0.15) is 5.10 Å². The second-order valence-corrected chi connectivity index (χ2v) is 4.87. The van der Waals surface area contributed by atoms with Crippen LogP contribution in [0.3, 0.4) is 0 Å². The zero-order chi connectivity index (χ0) is 14.8. The molecule has 0 saturated carbocycles. The van der Waals surface area contributed by atoms with Gasteiger partial charge < -0.3 is 10.6 Å². The number of carbonyl (C=O) groups is 1. The van der Waals surface area contributed by atoms with Gasteiger partial charge in [0.1, 0.15) is 11.6 Å². The van der Waals surface area contributed by atoms with E-state index < -0.39 is 17.5 Å². The molecule has 2 aromatic rings. The summed E-state index contributed by atoms with van der Waals surface area (Å²) in [5.74, 6) is -1.50. The highest BCUT2D eigenvalue weighted by atomic mass is 35.5. The second-order valence-electron chi connectivity index (χ2n) is 4.87. The van der Waals surface area contributed by atoms with Crippen LogP contribution in [-0.2, 0) is 19.5 Å². The van der Waals surface area contributed by atoms with E-state index in [0.717, 1.165) is 42.4 Å². The van der Waals surface area contributed by atoms with Crippen LogP contribution in [0.4, 0.5) is 8.78 Å². The van der Waals surface area contributed by atoms with Crippen LogP contribution in [0.15, 0.2) is 18.2 Å². The Morgan fingerprint density at radius 2 is 2.18 bits per heavy atom. The van der Waals surface area contributed by atoms with Gasteiger partial charge in [0.05, 0.1) is 0 Å². The lowest BCUT2D eigenvalue weighted by molar-refractivity contribution is 0.0944. The minimum absolute atomic E-state index is 0. The van der Waals surface area contributed by atoms with Crippen molar-refractivity contribution in [3.63, 3.8) is 0 Å². The van der Waals surface area contributed by atoms with E-state index in [-0.39, 0.29) is 24.5 Å². The number of H-pyrrole nitrogens is 1. The summed E-state index contributed by atoms with van der Waals surface area (Å²) >= 11 is 0. The van der Waals surface area contributed by atoms with Gasteiger partial charge in [0.2, 0.25) is 0 Å². The number of aromatic amines is 1. The van der Waals surface area contributed by atoms with Crippen molar-refractivity contribution in [1.82, 2.24) is 20.8 Å². The van der Waals surface area contributed by atoms with Crippen molar-refractivity contribution in [3.05, 3.63) is 52.3 Å². The van der Waals surface area contributed by atoms with Gasteiger partial charge in [0.15, 0.2) is 5.69 Å². The van der Waals surface area contributed by atoms with Crippen molar-refractivity contribution in [3.8, 4) is 0 Å². The fraction of sp³-hybridized carbons (Fsp3) is 0.286. The van der Waals surface area contributed by atoms with Crippen molar-refractivity contribution in [1.29, 1.82) is 0 Å². The molecule has 8 heteroatoms. The van der Waals surface area contributed by atoms with E-state index in [0.29, 0.717) is 12.2 Å². The van der Waals surface area contributed by atoms with Crippen LogP contribution in [0.2, 0.25) is 0 Å².